The summed E-state index contributed by atoms with van der Waals surface area (Å²) in [6, 6.07) is 0. The van der Waals surface area contributed by atoms with Crippen LogP contribution in [-0.2, 0) is 0 Å². The van der Waals surface area contributed by atoms with E-state index < -0.39 is 0 Å². The fraction of sp³-hybridized carbons (Fsp3) is 1.00. The van der Waals surface area contributed by atoms with Crippen molar-refractivity contribution in [1.29, 1.82) is 0 Å². The molecule has 4 heteroatoms. The van der Waals surface area contributed by atoms with Crippen molar-refractivity contribution in [2.75, 3.05) is 60.4 Å². The van der Waals surface area contributed by atoms with E-state index in [-0.39, 0.29) is 5.54 Å². The number of piperidine rings is 1. The molecule has 0 unspecified atom stereocenters. The molecule has 0 amide bonds. The van der Waals surface area contributed by atoms with Crippen LogP contribution >= 0.6 is 0 Å². The number of nitrogens with zero attached hydrogens (tertiary/aromatic N) is 3. The number of hydrogen-bond donors (Lipinski definition) is 1. The van der Waals surface area contributed by atoms with Crippen LogP contribution in [0, 0.1) is 0 Å². The van der Waals surface area contributed by atoms with Crippen LogP contribution in [0.2, 0.25) is 0 Å². The summed E-state index contributed by atoms with van der Waals surface area (Å²) in [5, 5.41) is 0. The highest BCUT2D eigenvalue weighted by molar-refractivity contribution is 4.95. The maximum atomic E-state index is 6.09. The quantitative estimate of drug-likeness (QED) is 0.727. The molecule has 0 aromatic heterocycles. The lowest BCUT2D eigenvalue weighted by atomic mass is 9.86. The lowest BCUT2D eigenvalue weighted by Crippen LogP contribution is -2.59. The van der Waals surface area contributed by atoms with Crippen molar-refractivity contribution in [2.24, 2.45) is 5.73 Å². The standard InChI is InChI=1S/C14H32N4/c1-5-8-18-9-6-14(13-15,7-10-18)17(4)12-11-16(2)3/h5-13,15H2,1-4H3. The highest BCUT2D eigenvalue weighted by Crippen LogP contribution is 2.27. The minimum absolute atomic E-state index is 0.236. The first kappa shape index (κ1) is 15.9. The normalized spacial score (nSPS) is 20.8. The number of likely N-dealkylation sites (N-methyl/N-ethyl adjacent to an activating group) is 2. The van der Waals surface area contributed by atoms with Crippen LogP contribution in [0.25, 0.3) is 0 Å². The molecule has 1 saturated heterocycles. The molecule has 0 aliphatic carbocycles. The van der Waals surface area contributed by atoms with Crippen LogP contribution in [-0.4, -0.2) is 80.7 Å². The predicted molar refractivity (Wildman–Crippen MR) is 78.9 cm³/mol. The topological polar surface area (TPSA) is 35.7 Å². The van der Waals surface area contributed by atoms with E-state index in [1.54, 1.807) is 0 Å². The smallest absolute Gasteiger partial charge is 0.0353 e. The Morgan fingerprint density at radius 1 is 1.11 bits per heavy atom. The van der Waals surface area contributed by atoms with E-state index >= 15 is 0 Å². The van der Waals surface area contributed by atoms with Gasteiger partial charge >= 0.3 is 0 Å². The molecule has 108 valence electrons. The highest BCUT2D eigenvalue weighted by Gasteiger charge is 2.36. The van der Waals surface area contributed by atoms with Gasteiger partial charge in [-0.05, 0) is 60.0 Å². The molecule has 4 nitrogen and oxygen atoms in total. The first-order valence-corrected chi connectivity index (χ1v) is 7.32. The van der Waals surface area contributed by atoms with E-state index in [4.69, 9.17) is 5.73 Å². The van der Waals surface area contributed by atoms with Crippen LogP contribution in [0.5, 0.6) is 0 Å². The molecule has 1 heterocycles. The van der Waals surface area contributed by atoms with Gasteiger partial charge in [0, 0.05) is 25.2 Å². The summed E-state index contributed by atoms with van der Waals surface area (Å²) < 4.78 is 0. The van der Waals surface area contributed by atoms with Gasteiger partial charge in [-0.1, -0.05) is 6.92 Å². The number of likely N-dealkylation sites (tertiary alicyclic amines) is 1. The summed E-state index contributed by atoms with van der Waals surface area (Å²) in [5.74, 6) is 0. The van der Waals surface area contributed by atoms with E-state index in [0.29, 0.717) is 0 Å². The summed E-state index contributed by atoms with van der Waals surface area (Å²) in [7, 11) is 6.51. The summed E-state index contributed by atoms with van der Waals surface area (Å²) in [6.45, 7) is 8.91. The van der Waals surface area contributed by atoms with Gasteiger partial charge in [-0.3, -0.25) is 4.90 Å². The Bertz CT molecular complexity index is 222. The average Bonchev–Trinajstić information content (AvgIpc) is 2.37. The zero-order valence-corrected chi connectivity index (χ0v) is 12.8. The molecule has 1 aliphatic rings. The molecule has 1 rings (SSSR count). The van der Waals surface area contributed by atoms with Gasteiger partial charge in [0.25, 0.3) is 0 Å². The Morgan fingerprint density at radius 3 is 2.17 bits per heavy atom. The monoisotopic (exact) mass is 256 g/mol. The predicted octanol–water partition coefficient (Wildman–Crippen LogP) is 0.683. The number of hydrogen-bond acceptors (Lipinski definition) is 4. The summed E-state index contributed by atoms with van der Waals surface area (Å²) in [5.41, 5.74) is 6.33. The molecular weight excluding hydrogens is 224 g/mol. The summed E-state index contributed by atoms with van der Waals surface area (Å²) >= 11 is 0. The third-order valence-electron chi connectivity index (χ3n) is 4.40. The van der Waals surface area contributed by atoms with E-state index in [9.17, 15) is 0 Å². The second-order valence-corrected chi connectivity index (χ2v) is 5.99. The summed E-state index contributed by atoms with van der Waals surface area (Å²) in [4.78, 5) is 7.32. The molecule has 0 radical (unpaired) electrons. The van der Waals surface area contributed by atoms with Crippen molar-refractivity contribution < 1.29 is 0 Å². The van der Waals surface area contributed by atoms with Crippen LogP contribution in [0.3, 0.4) is 0 Å². The zero-order chi connectivity index (χ0) is 13.6. The molecule has 0 atom stereocenters. The van der Waals surface area contributed by atoms with Gasteiger partial charge in [-0.2, -0.15) is 0 Å². The third kappa shape index (κ3) is 4.19. The van der Waals surface area contributed by atoms with Crippen LogP contribution in [0.4, 0.5) is 0 Å². The SMILES string of the molecule is CCCN1CCC(CN)(N(C)CCN(C)C)CC1. The van der Waals surface area contributed by atoms with Crippen LogP contribution in [0.1, 0.15) is 26.2 Å². The third-order valence-corrected chi connectivity index (χ3v) is 4.40. The van der Waals surface area contributed by atoms with E-state index in [1.807, 2.05) is 0 Å². The van der Waals surface area contributed by atoms with Crippen LogP contribution < -0.4 is 5.73 Å². The molecular formula is C14H32N4. The van der Waals surface area contributed by atoms with Gasteiger partial charge < -0.3 is 15.5 Å². The van der Waals surface area contributed by atoms with Gasteiger partial charge in [0.05, 0.1) is 0 Å². The fourth-order valence-corrected chi connectivity index (χ4v) is 2.84. The largest absolute Gasteiger partial charge is 0.329 e. The van der Waals surface area contributed by atoms with E-state index in [1.165, 1.54) is 38.9 Å². The highest BCUT2D eigenvalue weighted by atomic mass is 15.2. The lowest BCUT2D eigenvalue weighted by Gasteiger charge is -2.47. The maximum absolute atomic E-state index is 6.09. The Kier molecular flexibility index (Phi) is 6.57. The molecule has 0 spiro atoms. The first-order chi connectivity index (χ1) is 8.54. The van der Waals surface area contributed by atoms with Gasteiger partial charge in [0.15, 0.2) is 0 Å². The van der Waals surface area contributed by atoms with E-state index in [0.717, 1.165) is 19.6 Å². The Hall–Kier alpha value is -0.160. The number of rotatable bonds is 7. The molecule has 0 bridgehead atoms. The molecule has 18 heavy (non-hydrogen) atoms. The Balaban J connectivity index is 2.48. The van der Waals surface area contributed by atoms with Crippen molar-refractivity contribution >= 4 is 0 Å². The fourth-order valence-electron chi connectivity index (χ4n) is 2.84. The molecule has 0 aromatic carbocycles. The van der Waals surface area contributed by atoms with Crippen molar-refractivity contribution in [1.82, 2.24) is 14.7 Å². The average molecular weight is 256 g/mol. The van der Waals surface area contributed by atoms with E-state index in [2.05, 4.69) is 42.8 Å². The first-order valence-electron chi connectivity index (χ1n) is 7.32. The summed E-state index contributed by atoms with van der Waals surface area (Å²) in [6.07, 6.45) is 3.69. The molecule has 1 fully saturated rings. The second-order valence-electron chi connectivity index (χ2n) is 5.99. The van der Waals surface area contributed by atoms with Crippen LogP contribution in [0.15, 0.2) is 0 Å². The zero-order valence-electron chi connectivity index (χ0n) is 12.8. The van der Waals surface area contributed by atoms with Gasteiger partial charge in [-0.15, -0.1) is 0 Å². The van der Waals surface area contributed by atoms with Crippen molar-refractivity contribution in [2.45, 2.75) is 31.7 Å². The lowest BCUT2D eigenvalue weighted by molar-refractivity contribution is 0.0416. The number of nitrogens with two attached hydrogens (primary N) is 1. The molecule has 0 aromatic rings. The molecule has 2 N–H and O–H groups in total. The van der Waals surface area contributed by atoms with Gasteiger partial charge in [0.2, 0.25) is 0 Å². The van der Waals surface area contributed by atoms with Crippen molar-refractivity contribution in [3.63, 3.8) is 0 Å². The molecule has 1 aliphatic heterocycles. The molecule has 0 saturated carbocycles. The van der Waals surface area contributed by atoms with Crippen molar-refractivity contribution in [3.05, 3.63) is 0 Å². The Morgan fingerprint density at radius 2 is 1.72 bits per heavy atom. The minimum atomic E-state index is 0.236. The second kappa shape index (κ2) is 7.43. The Labute approximate surface area is 113 Å². The van der Waals surface area contributed by atoms with Gasteiger partial charge in [0.1, 0.15) is 0 Å². The minimum Gasteiger partial charge on any atom is -0.329 e. The maximum Gasteiger partial charge on any atom is 0.0353 e. The van der Waals surface area contributed by atoms with Gasteiger partial charge in [-0.25, -0.2) is 0 Å². The van der Waals surface area contributed by atoms with Crippen molar-refractivity contribution in [3.8, 4) is 0 Å².